The summed E-state index contributed by atoms with van der Waals surface area (Å²) in [6.45, 7) is 5.06. The third-order valence-electron chi connectivity index (χ3n) is 5.65. The number of hydrogen-bond donors (Lipinski definition) is 0. The van der Waals surface area contributed by atoms with Crippen LogP contribution in [0.5, 0.6) is 5.75 Å². The number of halogens is 1. The first kappa shape index (κ1) is 23.0. The summed E-state index contributed by atoms with van der Waals surface area (Å²) < 4.78 is 35.5. The SMILES string of the molecule is CCOC(=O)COC1(c2ccc(OCc3cccc(-c4ccc(F)cc4C)c3)cc2)COC1. The average molecular weight is 451 g/mol. The third kappa shape index (κ3) is 5.41. The minimum absolute atomic E-state index is 0.112. The van der Waals surface area contributed by atoms with E-state index in [0.29, 0.717) is 26.4 Å². The normalized spacial score (nSPS) is 14.4. The molecule has 0 radical (unpaired) electrons. The summed E-state index contributed by atoms with van der Waals surface area (Å²) in [5.74, 6) is 0.102. The molecule has 1 saturated heterocycles. The van der Waals surface area contributed by atoms with Gasteiger partial charge < -0.3 is 18.9 Å². The van der Waals surface area contributed by atoms with Crippen molar-refractivity contribution < 1.29 is 28.1 Å². The van der Waals surface area contributed by atoms with Gasteiger partial charge in [-0.3, -0.25) is 0 Å². The van der Waals surface area contributed by atoms with Crippen LogP contribution in [0.1, 0.15) is 23.6 Å². The number of esters is 1. The second-order valence-electron chi connectivity index (χ2n) is 8.05. The van der Waals surface area contributed by atoms with Gasteiger partial charge in [0.1, 0.15) is 30.4 Å². The van der Waals surface area contributed by atoms with Crippen molar-refractivity contribution in [2.75, 3.05) is 26.4 Å². The van der Waals surface area contributed by atoms with E-state index in [1.54, 1.807) is 13.0 Å². The molecule has 4 rings (SSSR count). The standard InChI is InChI=1S/C27H27FO5/c1-3-31-26(29)16-33-27(17-30-18-27)22-7-10-24(11-8-22)32-15-20-5-4-6-21(14-20)25-12-9-23(28)13-19(25)2/h4-14H,3,15-18H2,1-2H3. The van der Waals surface area contributed by atoms with Gasteiger partial charge in [-0.15, -0.1) is 0 Å². The second-order valence-corrected chi connectivity index (χ2v) is 8.05. The second kappa shape index (κ2) is 10.1. The zero-order chi connectivity index (χ0) is 23.3. The van der Waals surface area contributed by atoms with Crippen LogP contribution in [0.3, 0.4) is 0 Å². The minimum Gasteiger partial charge on any atom is -0.489 e. The van der Waals surface area contributed by atoms with E-state index in [1.807, 2.05) is 49.4 Å². The van der Waals surface area contributed by atoms with Gasteiger partial charge in [0.25, 0.3) is 0 Å². The molecule has 6 heteroatoms. The van der Waals surface area contributed by atoms with Crippen LogP contribution in [-0.4, -0.2) is 32.4 Å². The lowest BCUT2D eigenvalue weighted by Crippen LogP contribution is -2.49. The summed E-state index contributed by atoms with van der Waals surface area (Å²) in [7, 11) is 0. The van der Waals surface area contributed by atoms with Crippen molar-refractivity contribution in [3.05, 3.63) is 89.2 Å². The number of carbonyl (C=O) groups excluding carboxylic acids is 1. The molecule has 0 amide bonds. The van der Waals surface area contributed by atoms with Gasteiger partial charge in [-0.25, -0.2) is 9.18 Å². The molecule has 0 spiro atoms. The molecule has 0 unspecified atom stereocenters. The summed E-state index contributed by atoms with van der Waals surface area (Å²) in [5, 5.41) is 0. The molecule has 0 saturated carbocycles. The fourth-order valence-electron chi connectivity index (χ4n) is 3.82. The summed E-state index contributed by atoms with van der Waals surface area (Å²) >= 11 is 0. The molecular weight excluding hydrogens is 423 g/mol. The third-order valence-corrected chi connectivity index (χ3v) is 5.65. The van der Waals surface area contributed by atoms with Crippen LogP contribution in [0.4, 0.5) is 4.39 Å². The zero-order valence-corrected chi connectivity index (χ0v) is 18.8. The summed E-state index contributed by atoms with van der Waals surface area (Å²) in [6.07, 6.45) is 0. The molecule has 5 nitrogen and oxygen atoms in total. The predicted octanol–water partition coefficient (Wildman–Crippen LogP) is 5.19. The topological polar surface area (TPSA) is 54.0 Å². The molecule has 0 aromatic heterocycles. The Hall–Kier alpha value is -3.22. The molecule has 1 fully saturated rings. The van der Waals surface area contributed by atoms with Gasteiger partial charge in [-0.2, -0.15) is 0 Å². The molecule has 1 aliphatic heterocycles. The predicted molar refractivity (Wildman–Crippen MR) is 122 cm³/mol. The lowest BCUT2D eigenvalue weighted by atomic mass is 9.91. The van der Waals surface area contributed by atoms with Crippen LogP contribution in [0.2, 0.25) is 0 Å². The van der Waals surface area contributed by atoms with Crippen LogP contribution >= 0.6 is 0 Å². The number of carbonyl (C=O) groups is 1. The molecule has 33 heavy (non-hydrogen) atoms. The highest BCUT2D eigenvalue weighted by molar-refractivity contribution is 5.70. The Bertz CT molecular complexity index is 1110. The molecular formula is C27H27FO5. The van der Waals surface area contributed by atoms with Crippen LogP contribution in [0.15, 0.2) is 66.7 Å². The van der Waals surface area contributed by atoms with Crippen molar-refractivity contribution in [2.45, 2.75) is 26.1 Å². The lowest BCUT2D eigenvalue weighted by Gasteiger charge is -2.41. The fourth-order valence-corrected chi connectivity index (χ4v) is 3.82. The van der Waals surface area contributed by atoms with Gasteiger partial charge in [0, 0.05) is 0 Å². The van der Waals surface area contributed by atoms with E-state index >= 15 is 0 Å². The highest BCUT2D eigenvalue weighted by atomic mass is 19.1. The van der Waals surface area contributed by atoms with Crippen molar-refractivity contribution in [2.24, 2.45) is 0 Å². The number of hydrogen-bond acceptors (Lipinski definition) is 5. The van der Waals surface area contributed by atoms with E-state index in [2.05, 4.69) is 6.07 Å². The maximum absolute atomic E-state index is 13.4. The van der Waals surface area contributed by atoms with E-state index in [4.69, 9.17) is 18.9 Å². The van der Waals surface area contributed by atoms with Gasteiger partial charge in [0.15, 0.2) is 0 Å². The summed E-state index contributed by atoms with van der Waals surface area (Å²) in [5.41, 5.74) is 4.23. The Kier molecular flexibility index (Phi) is 7.06. The Balaban J connectivity index is 1.39. The number of rotatable bonds is 9. The average Bonchev–Trinajstić information content (AvgIpc) is 2.78. The van der Waals surface area contributed by atoms with Crippen LogP contribution in [-0.2, 0) is 31.2 Å². The number of ether oxygens (including phenoxy) is 4. The first-order valence-electron chi connectivity index (χ1n) is 11.0. The molecule has 1 heterocycles. The van der Waals surface area contributed by atoms with Gasteiger partial charge in [0.05, 0.1) is 19.8 Å². The van der Waals surface area contributed by atoms with E-state index in [0.717, 1.165) is 33.6 Å². The molecule has 0 bridgehead atoms. The Labute approximate surface area is 193 Å². The smallest absolute Gasteiger partial charge is 0.332 e. The van der Waals surface area contributed by atoms with Gasteiger partial charge >= 0.3 is 5.97 Å². The molecule has 0 aliphatic carbocycles. The monoisotopic (exact) mass is 450 g/mol. The summed E-state index contributed by atoms with van der Waals surface area (Å²) in [4.78, 5) is 11.7. The molecule has 1 aliphatic rings. The van der Waals surface area contributed by atoms with Crippen LogP contribution in [0, 0.1) is 12.7 Å². The molecule has 3 aromatic carbocycles. The van der Waals surface area contributed by atoms with E-state index in [-0.39, 0.29) is 18.4 Å². The largest absolute Gasteiger partial charge is 0.489 e. The first-order valence-corrected chi connectivity index (χ1v) is 11.0. The molecule has 3 aromatic rings. The van der Waals surface area contributed by atoms with Crippen molar-refractivity contribution in [1.29, 1.82) is 0 Å². The maximum atomic E-state index is 13.4. The van der Waals surface area contributed by atoms with Crippen molar-refractivity contribution in [1.82, 2.24) is 0 Å². The van der Waals surface area contributed by atoms with Crippen LogP contribution < -0.4 is 4.74 Å². The highest BCUT2D eigenvalue weighted by Gasteiger charge is 2.42. The zero-order valence-electron chi connectivity index (χ0n) is 18.8. The maximum Gasteiger partial charge on any atom is 0.332 e. The Morgan fingerprint density at radius 1 is 1.06 bits per heavy atom. The lowest BCUT2D eigenvalue weighted by molar-refractivity contribution is -0.221. The van der Waals surface area contributed by atoms with Gasteiger partial charge in [0.2, 0.25) is 0 Å². The van der Waals surface area contributed by atoms with Crippen LogP contribution in [0.25, 0.3) is 11.1 Å². The molecule has 0 N–H and O–H groups in total. The quantitative estimate of drug-likeness (QED) is 0.420. The molecule has 0 atom stereocenters. The van der Waals surface area contributed by atoms with E-state index in [9.17, 15) is 9.18 Å². The number of aryl methyl sites for hydroxylation is 1. The molecule has 172 valence electrons. The fraction of sp³-hybridized carbons (Fsp3) is 0.296. The van der Waals surface area contributed by atoms with Gasteiger partial charge in [-0.05, 0) is 72.0 Å². The van der Waals surface area contributed by atoms with E-state index in [1.165, 1.54) is 12.1 Å². The first-order chi connectivity index (χ1) is 16.0. The van der Waals surface area contributed by atoms with Crippen molar-refractivity contribution in [3.8, 4) is 16.9 Å². The van der Waals surface area contributed by atoms with Crippen molar-refractivity contribution >= 4 is 5.97 Å². The van der Waals surface area contributed by atoms with Crippen molar-refractivity contribution in [3.63, 3.8) is 0 Å². The summed E-state index contributed by atoms with van der Waals surface area (Å²) in [6, 6.07) is 20.5. The van der Waals surface area contributed by atoms with Gasteiger partial charge in [-0.1, -0.05) is 36.4 Å². The number of benzene rings is 3. The minimum atomic E-state index is -0.632. The Morgan fingerprint density at radius 2 is 1.85 bits per heavy atom. The van der Waals surface area contributed by atoms with E-state index < -0.39 is 5.60 Å². The Morgan fingerprint density at radius 3 is 2.52 bits per heavy atom. The highest BCUT2D eigenvalue weighted by Crippen LogP contribution is 2.35.